The van der Waals surface area contributed by atoms with Crippen molar-refractivity contribution in [1.82, 2.24) is 5.43 Å². The summed E-state index contributed by atoms with van der Waals surface area (Å²) in [5.41, 5.74) is 7.11. The number of carbonyl (C=O) groups is 1. The van der Waals surface area contributed by atoms with Crippen molar-refractivity contribution in [3.63, 3.8) is 0 Å². The van der Waals surface area contributed by atoms with Crippen molar-refractivity contribution >= 4 is 23.2 Å². The molecule has 4 heteroatoms. The van der Waals surface area contributed by atoms with Crippen LogP contribution in [0.5, 0.6) is 0 Å². The molecule has 1 N–H and O–H groups in total. The van der Waals surface area contributed by atoms with Gasteiger partial charge in [-0.05, 0) is 53.5 Å². The number of hydrogen-bond acceptors (Lipinski definition) is 2. The highest BCUT2D eigenvalue weighted by Gasteiger charge is 2.44. The Balaban J connectivity index is 1.59. The van der Waals surface area contributed by atoms with Gasteiger partial charge >= 0.3 is 0 Å². The lowest BCUT2D eigenvalue weighted by atomic mass is 9.86. The van der Waals surface area contributed by atoms with Crippen LogP contribution in [0.25, 0.3) is 0 Å². The zero-order valence-electron chi connectivity index (χ0n) is 15.7. The Kier molecular flexibility index (Phi) is 5.19. The molecule has 2 aromatic carbocycles. The number of hydrazone groups is 1. The van der Waals surface area contributed by atoms with Crippen molar-refractivity contribution in [2.45, 2.75) is 45.4 Å². The first-order valence-corrected chi connectivity index (χ1v) is 9.34. The van der Waals surface area contributed by atoms with Gasteiger partial charge in [-0.2, -0.15) is 5.10 Å². The van der Waals surface area contributed by atoms with Gasteiger partial charge in [0.15, 0.2) is 0 Å². The number of rotatable bonds is 4. The first-order chi connectivity index (χ1) is 12.3. The van der Waals surface area contributed by atoms with Crippen LogP contribution in [-0.2, 0) is 10.2 Å². The summed E-state index contributed by atoms with van der Waals surface area (Å²) in [6.07, 6.45) is 0.885. The van der Waals surface area contributed by atoms with Gasteiger partial charge in [0, 0.05) is 10.9 Å². The Labute approximate surface area is 160 Å². The number of nitrogens with zero attached hydrogens (tertiary/aromatic N) is 1. The summed E-state index contributed by atoms with van der Waals surface area (Å²) in [5.74, 6) is 0.301. The zero-order chi connectivity index (χ0) is 18.9. The number of halogens is 1. The number of hydrogen-bond donors (Lipinski definition) is 1. The molecule has 1 saturated carbocycles. The second kappa shape index (κ2) is 7.24. The largest absolute Gasteiger partial charge is 0.273 e. The quantitative estimate of drug-likeness (QED) is 0.578. The van der Waals surface area contributed by atoms with Crippen LogP contribution >= 0.6 is 11.6 Å². The highest BCUT2D eigenvalue weighted by atomic mass is 35.5. The molecule has 0 saturated heterocycles. The summed E-state index contributed by atoms with van der Waals surface area (Å²) in [4.78, 5) is 12.4. The molecular formula is C22H25ClN2O. The average Bonchev–Trinajstić information content (AvgIpc) is 3.40. The summed E-state index contributed by atoms with van der Waals surface area (Å²) < 4.78 is 0. The number of benzene rings is 2. The van der Waals surface area contributed by atoms with E-state index in [1.165, 1.54) is 11.1 Å². The van der Waals surface area contributed by atoms with E-state index < -0.39 is 0 Å². The van der Waals surface area contributed by atoms with E-state index in [1.54, 1.807) is 0 Å². The van der Waals surface area contributed by atoms with E-state index in [9.17, 15) is 4.79 Å². The topological polar surface area (TPSA) is 41.5 Å². The zero-order valence-corrected chi connectivity index (χ0v) is 16.5. The summed E-state index contributed by atoms with van der Waals surface area (Å²) in [7, 11) is 0. The molecule has 0 radical (unpaired) electrons. The van der Waals surface area contributed by atoms with E-state index in [0.717, 1.165) is 17.7 Å². The number of amides is 1. The van der Waals surface area contributed by atoms with Gasteiger partial charge in [-0.3, -0.25) is 4.79 Å². The van der Waals surface area contributed by atoms with Crippen LogP contribution in [0, 0.1) is 5.92 Å². The molecular weight excluding hydrogens is 344 g/mol. The van der Waals surface area contributed by atoms with Crippen LogP contribution < -0.4 is 5.43 Å². The molecule has 26 heavy (non-hydrogen) atoms. The molecule has 3 rings (SSSR count). The Morgan fingerprint density at radius 2 is 1.69 bits per heavy atom. The van der Waals surface area contributed by atoms with Gasteiger partial charge in [0.25, 0.3) is 0 Å². The Hall–Kier alpha value is -2.13. The fourth-order valence-corrected chi connectivity index (χ4v) is 3.19. The van der Waals surface area contributed by atoms with Crippen LogP contribution in [0.15, 0.2) is 53.6 Å². The lowest BCUT2D eigenvalue weighted by Gasteiger charge is -2.19. The highest BCUT2D eigenvalue weighted by Crippen LogP contribution is 2.47. The van der Waals surface area contributed by atoms with Gasteiger partial charge < -0.3 is 0 Å². The maximum absolute atomic E-state index is 12.4. The normalized spacial score (nSPS) is 20.0. The Morgan fingerprint density at radius 3 is 2.27 bits per heavy atom. The molecule has 0 heterocycles. The second-order valence-electron chi connectivity index (χ2n) is 8.00. The van der Waals surface area contributed by atoms with Crippen LogP contribution in [-0.4, -0.2) is 11.6 Å². The standard InChI is InChI=1S/C22H25ClN2O/c1-14(15-7-11-18(23)12-8-15)24-25-21(26)20-13-19(20)16-5-9-17(10-6-16)22(2,3)4/h5-12,19-20H,13H2,1-4H3,(H,25,26)/b24-14+/t19-,20-/m1/s1. The molecule has 0 bridgehead atoms. The van der Waals surface area contributed by atoms with Crippen molar-refractivity contribution in [1.29, 1.82) is 0 Å². The van der Waals surface area contributed by atoms with E-state index in [0.29, 0.717) is 10.9 Å². The van der Waals surface area contributed by atoms with E-state index in [4.69, 9.17) is 11.6 Å². The minimum atomic E-state index is -0.0109. The Bertz CT molecular complexity index is 817. The van der Waals surface area contributed by atoms with Gasteiger partial charge in [-0.25, -0.2) is 5.43 Å². The summed E-state index contributed by atoms with van der Waals surface area (Å²) >= 11 is 5.89. The maximum Gasteiger partial charge on any atom is 0.243 e. The van der Waals surface area contributed by atoms with Crippen molar-refractivity contribution in [3.05, 3.63) is 70.2 Å². The van der Waals surface area contributed by atoms with Crippen LogP contribution in [0.3, 0.4) is 0 Å². The molecule has 0 unspecified atom stereocenters. The molecule has 1 aliphatic rings. The van der Waals surface area contributed by atoms with Gasteiger partial charge in [0.05, 0.1) is 5.71 Å². The summed E-state index contributed by atoms with van der Waals surface area (Å²) in [5, 5.41) is 4.92. The highest BCUT2D eigenvalue weighted by molar-refractivity contribution is 6.30. The molecule has 3 nitrogen and oxygen atoms in total. The fourth-order valence-electron chi connectivity index (χ4n) is 3.06. The molecule has 1 fully saturated rings. The molecule has 0 aromatic heterocycles. The minimum absolute atomic E-state index is 0.0109. The number of nitrogens with one attached hydrogen (secondary N) is 1. The lowest BCUT2D eigenvalue weighted by Crippen LogP contribution is -2.21. The minimum Gasteiger partial charge on any atom is -0.273 e. The smallest absolute Gasteiger partial charge is 0.243 e. The van der Waals surface area contributed by atoms with Crippen molar-refractivity contribution < 1.29 is 4.79 Å². The van der Waals surface area contributed by atoms with Crippen LogP contribution in [0.4, 0.5) is 0 Å². The molecule has 1 aliphatic carbocycles. The molecule has 2 atom stereocenters. The molecule has 2 aromatic rings. The molecule has 1 amide bonds. The number of carbonyl (C=O) groups excluding carboxylic acids is 1. The SMILES string of the molecule is C/C(=N\NC(=O)[C@@H]1C[C@@H]1c1ccc(C(C)(C)C)cc1)c1ccc(Cl)cc1. The third kappa shape index (κ3) is 4.34. The van der Waals surface area contributed by atoms with E-state index >= 15 is 0 Å². The third-order valence-electron chi connectivity index (χ3n) is 4.93. The van der Waals surface area contributed by atoms with Crippen LogP contribution in [0.2, 0.25) is 5.02 Å². The predicted octanol–water partition coefficient (Wildman–Crippen LogP) is 5.28. The fraction of sp³-hybridized carbons (Fsp3) is 0.364. The van der Waals surface area contributed by atoms with E-state index in [-0.39, 0.29) is 17.2 Å². The van der Waals surface area contributed by atoms with Gasteiger partial charge in [-0.1, -0.05) is 68.8 Å². The van der Waals surface area contributed by atoms with E-state index in [2.05, 4.69) is 55.6 Å². The van der Waals surface area contributed by atoms with Crippen molar-refractivity contribution in [3.8, 4) is 0 Å². The van der Waals surface area contributed by atoms with Crippen molar-refractivity contribution in [2.24, 2.45) is 11.0 Å². The van der Waals surface area contributed by atoms with Gasteiger partial charge in [0.1, 0.15) is 0 Å². The second-order valence-corrected chi connectivity index (χ2v) is 8.44. The third-order valence-corrected chi connectivity index (χ3v) is 5.18. The summed E-state index contributed by atoms with van der Waals surface area (Å²) in [6, 6.07) is 16.1. The van der Waals surface area contributed by atoms with Gasteiger partial charge in [-0.15, -0.1) is 0 Å². The first kappa shape index (κ1) is 18.7. The Morgan fingerprint density at radius 1 is 1.08 bits per heavy atom. The van der Waals surface area contributed by atoms with Crippen LogP contribution in [0.1, 0.15) is 56.7 Å². The lowest BCUT2D eigenvalue weighted by molar-refractivity contribution is -0.122. The maximum atomic E-state index is 12.4. The molecule has 136 valence electrons. The van der Waals surface area contributed by atoms with Gasteiger partial charge in [0.2, 0.25) is 5.91 Å². The molecule has 0 aliphatic heterocycles. The summed E-state index contributed by atoms with van der Waals surface area (Å²) in [6.45, 7) is 8.49. The first-order valence-electron chi connectivity index (χ1n) is 8.96. The average molecular weight is 369 g/mol. The predicted molar refractivity (Wildman–Crippen MR) is 108 cm³/mol. The van der Waals surface area contributed by atoms with Crippen molar-refractivity contribution in [2.75, 3.05) is 0 Å². The van der Waals surface area contributed by atoms with E-state index in [1.807, 2.05) is 31.2 Å². The monoisotopic (exact) mass is 368 g/mol. The molecule has 0 spiro atoms.